The second-order valence-corrected chi connectivity index (χ2v) is 7.31. The van der Waals surface area contributed by atoms with Gasteiger partial charge in [0, 0.05) is 37.8 Å². The van der Waals surface area contributed by atoms with Crippen LogP contribution in [0.3, 0.4) is 0 Å². The van der Waals surface area contributed by atoms with Crippen molar-refractivity contribution in [3.8, 4) is 0 Å². The zero-order valence-electron chi connectivity index (χ0n) is 15.3. The molecule has 0 aliphatic heterocycles. The molecule has 0 radical (unpaired) electrons. The van der Waals surface area contributed by atoms with E-state index in [1.165, 1.54) is 13.8 Å². The van der Waals surface area contributed by atoms with Crippen LogP contribution in [-0.4, -0.2) is 40.3 Å². The average Bonchev–Trinajstić information content (AvgIpc) is 3.05. The number of nitrogens with zero attached hydrogens (tertiary/aromatic N) is 2. The molecule has 2 atom stereocenters. The molecule has 4 N–H and O–H groups in total. The summed E-state index contributed by atoms with van der Waals surface area (Å²) < 4.78 is 0. The van der Waals surface area contributed by atoms with Gasteiger partial charge in [0.15, 0.2) is 0 Å². The number of primary amides is 1. The number of aryl methyl sites for hydroxylation is 1. The van der Waals surface area contributed by atoms with Gasteiger partial charge >= 0.3 is 0 Å². The summed E-state index contributed by atoms with van der Waals surface area (Å²) in [7, 11) is 0. The molecule has 1 fully saturated rings. The largest absolute Gasteiger partial charge is 0.369 e. The molecular formula is C18H27N5O3. The molecule has 142 valence electrons. The van der Waals surface area contributed by atoms with Crippen LogP contribution >= 0.6 is 0 Å². The van der Waals surface area contributed by atoms with E-state index in [0.29, 0.717) is 25.2 Å². The quantitative estimate of drug-likeness (QED) is 0.575. The van der Waals surface area contributed by atoms with Crippen molar-refractivity contribution in [2.24, 2.45) is 17.1 Å². The Morgan fingerprint density at radius 2 is 1.92 bits per heavy atom. The van der Waals surface area contributed by atoms with E-state index in [4.69, 9.17) is 5.73 Å². The standard InChI is InChI=1S/C18H27N5O3/c1-18(2,16(19)25)17(26)22-11-12-4-5-13(10-12)23-15(24)7-6-14-20-8-3-9-21-14/h3,8-9,12-13H,4-7,10-11H2,1-2H3,(H2,19,25)(H,22,26)(H,23,24)/t12-,13+/m0/s1. The summed E-state index contributed by atoms with van der Waals surface area (Å²) in [5, 5.41) is 5.83. The first-order valence-corrected chi connectivity index (χ1v) is 8.92. The van der Waals surface area contributed by atoms with Gasteiger partial charge in [-0.1, -0.05) is 0 Å². The van der Waals surface area contributed by atoms with E-state index >= 15 is 0 Å². The van der Waals surface area contributed by atoms with E-state index in [1.54, 1.807) is 18.5 Å². The van der Waals surface area contributed by atoms with E-state index in [1.807, 2.05) is 0 Å². The van der Waals surface area contributed by atoms with Crippen molar-refractivity contribution in [2.75, 3.05) is 6.54 Å². The molecule has 26 heavy (non-hydrogen) atoms. The van der Waals surface area contributed by atoms with Crippen molar-refractivity contribution in [2.45, 2.75) is 52.0 Å². The molecule has 1 heterocycles. The summed E-state index contributed by atoms with van der Waals surface area (Å²) in [4.78, 5) is 43.6. The minimum Gasteiger partial charge on any atom is -0.369 e. The fourth-order valence-electron chi connectivity index (χ4n) is 2.95. The third-order valence-electron chi connectivity index (χ3n) is 4.84. The van der Waals surface area contributed by atoms with Crippen LogP contribution in [0, 0.1) is 11.3 Å². The zero-order chi connectivity index (χ0) is 19.2. The van der Waals surface area contributed by atoms with Crippen molar-refractivity contribution >= 4 is 17.7 Å². The lowest BCUT2D eigenvalue weighted by molar-refractivity contribution is -0.139. The molecule has 8 nitrogen and oxygen atoms in total. The van der Waals surface area contributed by atoms with Crippen LogP contribution in [0.15, 0.2) is 18.5 Å². The minimum absolute atomic E-state index is 0.0120. The van der Waals surface area contributed by atoms with Gasteiger partial charge in [0.05, 0.1) is 0 Å². The second-order valence-electron chi connectivity index (χ2n) is 7.31. The maximum Gasteiger partial charge on any atom is 0.235 e. The van der Waals surface area contributed by atoms with Crippen LogP contribution in [0.2, 0.25) is 0 Å². The lowest BCUT2D eigenvalue weighted by Crippen LogP contribution is -2.46. The van der Waals surface area contributed by atoms with Gasteiger partial charge in [0.25, 0.3) is 0 Å². The molecule has 0 unspecified atom stereocenters. The molecular weight excluding hydrogens is 334 g/mol. The van der Waals surface area contributed by atoms with Crippen molar-refractivity contribution in [1.29, 1.82) is 0 Å². The van der Waals surface area contributed by atoms with E-state index in [9.17, 15) is 14.4 Å². The Labute approximate surface area is 153 Å². The molecule has 8 heteroatoms. The number of nitrogens with one attached hydrogen (secondary N) is 2. The summed E-state index contributed by atoms with van der Waals surface area (Å²) in [6, 6.07) is 1.86. The summed E-state index contributed by atoms with van der Waals surface area (Å²) in [5.74, 6) is -0.0755. The normalized spacial score (nSPS) is 19.8. The number of carbonyl (C=O) groups is 3. The second kappa shape index (κ2) is 8.73. The van der Waals surface area contributed by atoms with Gasteiger partial charge in [0.2, 0.25) is 17.7 Å². The molecule has 0 aromatic carbocycles. The number of rotatable bonds is 8. The zero-order valence-corrected chi connectivity index (χ0v) is 15.3. The minimum atomic E-state index is -1.22. The highest BCUT2D eigenvalue weighted by Crippen LogP contribution is 2.25. The van der Waals surface area contributed by atoms with E-state index in [2.05, 4.69) is 20.6 Å². The number of nitrogens with two attached hydrogens (primary N) is 1. The van der Waals surface area contributed by atoms with Gasteiger partial charge in [-0.15, -0.1) is 0 Å². The van der Waals surface area contributed by atoms with Gasteiger partial charge < -0.3 is 16.4 Å². The summed E-state index contributed by atoms with van der Waals surface area (Å²) in [6.45, 7) is 3.51. The molecule has 0 bridgehead atoms. The lowest BCUT2D eigenvalue weighted by Gasteiger charge is -2.21. The van der Waals surface area contributed by atoms with Crippen LogP contribution in [0.1, 0.15) is 45.4 Å². The van der Waals surface area contributed by atoms with Crippen molar-refractivity contribution in [1.82, 2.24) is 20.6 Å². The van der Waals surface area contributed by atoms with Gasteiger partial charge in [0.1, 0.15) is 11.2 Å². The van der Waals surface area contributed by atoms with Crippen LogP contribution < -0.4 is 16.4 Å². The number of amides is 3. The van der Waals surface area contributed by atoms with E-state index in [0.717, 1.165) is 19.3 Å². The fourth-order valence-corrected chi connectivity index (χ4v) is 2.95. The smallest absolute Gasteiger partial charge is 0.235 e. The molecule has 1 aliphatic carbocycles. The summed E-state index contributed by atoms with van der Waals surface area (Å²) in [6.07, 6.45) is 6.81. The summed E-state index contributed by atoms with van der Waals surface area (Å²) in [5.41, 5.74) is 4.03. The average molecular weight is 361 g/mol. The molecule has 1 aromatic heterocycles. The molecule has 1 aromatic rings. The molecule has 1 saturated carbocycles. The van der Waals surface area contributed by atoms with E-state index < -0.39 is 11.3 Å². The highest BCUT2D eigenvalue weighted by atomic mass is 16.2. The third kappa shape index (κ3) is 5.50. The Morgan fingerprint density at radius 1 is 1.23 bits per heavy atom. The number of hydrogen-bond acceptors (Lipinski definition) is 5. The van der Waals surface area contributed by atoms with Crippen LogP contribution in [0.25, 0.3) is 0 Å². The van der Waals surface area contributed by atoms with Crippen LogP contribution in [-0.2, 0) is 20.8 Å². The molecule has 0 saturated heterocycles. The van der Waals surface area contributed by atoms with Gasteiger partial charge in [-0.2, -0.15) is 0 Å². The monoisotopic (exact) mass is 361 g/mol. The predicted molar refractivity (Wildman–Crippen MR) is 95.6 cm³/mol. The number of aromatic nitrogens is 2. The Hall–Kier alpha value is -2.51. The maximum absolute atomic E-state index is 12.1. The van der Waals surface area contributed by atoms with Gasteiger partial charge in [-0.05, 0) is 45.1 Å². The third-order valence-corrected chi connectivity index (χ3v) is 4.84. The first-order valence-electron chi connectivity index (χ1n) is 8.92. The fraction of sp³-hybridized carbons (Fsp3) is 0.611. The van der Waals surface area contributed by atoms with Gasteiger partial charge in [-0.3, -0.25) is 14.4 Å². The topological polar surface area (TPSA) is 127 Å². The van der Waals surface area contributed by atoms with E-state index in [-0.39, 0.29) is 23.8 Å². The lowest BCUT2D eigenvalue weighted by atomic mass is 9.91. The first-order chi connectivity index (χ1) is 12.3. The van der Waals surface area contributed by atoms with Crippen molar-refractivity contribution < 1.29 is 14.4 Å². The van der Waals surface area contributed by atoms with Crippen LogP contribution in [0.4, 0.5) is 0 Å². The number of carbonyl (C=O) groups excluding carboxylic acids is 3. The predicted octanol–water partition coefficient (Wildman–Crippen LogP) is 0.322. The molecule has 0 spiro atoms. The number of hydrogen-bond donors (Lipinski definition) is 3. The maximum atomic E-state index is 12.1. The SMILES string of the molecule is CC(C)(C(N)=O)C(=O)NC[C@H]1CC[C@@H](NC(=O)CCc2ncccn2)C1. The molecule has 2 rings (SSSR count). The van der Waals surface area contributed by atoms with Crippen molar-refractivity contribution in [3.63, 3.8) is 0 Å². The first kappa shape index (κ1) is 19.8. The Morgan fingerprint density at radius 3 is 2.58 bits per heavy atom. The van der Waals surface area contributed by atoms with Gasteiger partial charge in [-0.25, -0.2) is 9.97 Å². The Balaban J connectivity index is 1.69. The molecule has 1 aliphatic rings. The Kier molecular flexibility index (Phi) is 6.65. The van der Waals surface area contributed by atoms with Crippen molar-refractivity contribution in [3.05, 3.63) is 24.3 Å². The Bertz CT molecular complexity index is 647. The molecule has 3 amide bonds. The highest BCUT2D eigenvalue weighted by molar-refractivity contribution is 6.03. The summed E-state index contributed by atoms with van der Waals surface area (Å²) >= 11 is 0. The van der Waals surface area contributed by atoms with Crippen LogP contribution in [0.5, 0.6) is 0 Å². The highest BCUT2D eigenvalue weighted by Gasteiger charge is 2.34.